The van der Waals surface area contributed by atoms with Crippen molar-refractivity contribution in [2.75, 3.05) is 11.9 Å². The minimum absolute atomic E-state index is 0.0271. The van der Waals surface area contributed by atoms with Crippen LogP contribution >= 0.6 is 39.1 Å². The highest BCUT2D eigenvalue weighted by molar-refractivity contribution is 9.10. The smallest absolute Gasteiger partial charge is 0.306 e. The predicted octanol–water partition coefficient (Wildman–Crippen LogP) is 4.18. The van der Waals surface area contributed by atoms with Crippen molar-refractivity contribution >= 4 is 68.5 Å². The number of esters is 1. The highest BCUT2D eigenvalue weighted by Crippen LogP contribution is 2.30. The fourth-order valence-corrected chi connectivity index (χ4v) is 3.30. The molecule has 3 N–H and O–H groups in total. The van der Waals surface area contributed by atoms with Crippen LogP contribution in [0.3, 0.4) is 0 Å². The van der Waals surface area contributed by atoms with Crippen molar-refractivity contribution in [1.29, 1.82) is 0 Å². The summed E-state index contributed by atoms with van der Waals surface area (Å²) in [6.07, 6.45) is 0.0820. The van der Waals surface area contributed by atoms with Crippen molar-refractivity contribution in [2.45, 2.75) is 26.2 Å². The lowest BCUT2D eigenvalue weighted by Crippen LogP contribution is -2.41. The summed E-state index contributed by atoms with van der Waals surface area (Å²) in [4.78, 5) is 47.5. The van der Waals surface area contributed by atoms with Crippen LogP contribution in [-0.2, 0) is 19.1 Å². The number of hydrazine groups is 1. The predicted molar refractivity (Wildman–Crippen MR) is 124 cm³/mol. The van der Waals surface area contributed by atoms with E-state index in [-0.39, 0.29) is 29.8 Å². The van der Waals surface area contributed by atoms with Crippen LogP contribution in [0.25, 0.3) is 0 Å². The van der Waals surface area contributed by atoms with Crippen molar-refractivity contribution in [2.24, 2.45) is 0 Å². The first kappa shape index (κ1) is 25.6. The van der Waals surface area contributed by atoms with Crippen molar-refractivity contribution < 1.29 is 23.9 Å². The van der Waals surface area contributed by atoms with Gasteiger partial charge in [0.15, 0.2) is 6.61 Å². The van der Waals surface area contributed by atoms with E-state index in [1.54, 1.807) is 37.3 Å². The highest BCUT2D eigenvalue weighted by atomic mass is 79.9. The molecular formula is C21H20BrCl2N3O5. The molecule has 170 valence electrons. The van der Waals surface area contributed by atoms with Crippen molar-refractivity contribution in [3.63, 3.8) is 0 Å². The van der Waals surface area contributed by atoms with E-state index in [1.165, 1.54) is 6.07 Å². The van der Waals surface area contributed by atoms with Gasteiger partial charge in [-0.1, -0.05) is 35.3 Å². The molecule has 3 amide bonds. The van der Waals surface area contributed by atoms with Gasteiger partial charge in [-0.3, -0.25) is 30.0 Å². The average Bonchev–Trinajstić information content (AvgIpc) is 2.77. The number of hydrogen-bond donors (Lipinski definition) is 3. The second-order valence-corrected chi connectivity index (χ2v) is 8.22. The van der Waals surface area contributed by atoms with E-state index < -0.39 is 30.3 Å². The Bertz CT molecular complexity index is 1030. The number of carbonyl (C=O) groups is 4. The van der Waals surface area contributed by atoms with Crippen LogP contribution < -0.4 is 16.2 Å². The van der Waals surface area contributed by atoms with Gasteiger partial charge < -0.3 is 10.1 Å². The van der Waals surface area contributed by atoms with Crippen molar-refractivity contribution in [1.82, 2.24) is 10.9 Å². The third-order valence-corrected chi connectivity index (χ3v) is 5.90. The first-order valence-electron chi connectivity index (χ1n) is 9.42. The zero-order chi connectivity index (χ0) is 23.7. The molecule has 8 nitrogen and oxygen atoms in total. The maximum atomic E-state index is 12.0. The lowest BCUT2D eigenvalue weighted by molar-refractivity contribution is -0.147. The van der Waals surface area contributed by atoms with E-state index in [2.05, 4.69) is 32.1 Å². The molecule has 11 heteroatoms. The summed E-state index contributed by atoms with van der Waals surface area (Å²) < 4.78 is 5.61. The minimum atomic E-state index is -0.626. The normalized spacial score (nSPS) is 10.2. The summed E-state index contributed by atoms with van der Waals surface area (Å²) in [6, 6.07) is 9.76. The monoisotopic (exact) mass is 543 g/mol. The number of amides is 3. The van der Waals surface area contributed by atoms with E-state index in [1.807, 2.05) is 0 Å². The second-order valence-electron chi connectivity index (χ2n) is 6.58. The van der Waals surface area contributed by atoms with Gasteiger partial charge in [0.1, 0.15) is 0 Å². The summed E-state index contributed by atoms with van der Waals surface area (Å²) in [7, 11) is 0. The molecule has 2 rings (SSSR count). The first-order valence-corrected chi connectivity index (χ1v) is 11.0. The van der Waals surface area contributed by atoms with Crippen molar-refractivity contribution in [3.05, 3.63) is 62.0 Å². The van der Waals surface area contributed by atoms with Gasteiger partial charge in [-0.05, 0) is 59.1 Å². The van der Waals surface area contributed by atoms with Gasteiger partial charge in [0.05, 0.1) is 15.6 Å². The SMILES string of the molecule is Cc1c(NC(=O)COC(=O)CCCC(=O)NNC(=O)c2ccccc2Cl)ccc(Br)c1Cl. The average molecular weight is 545 g/mol. The van der Waals surface area contributed by atoms with Crippen LogP contribution in [0, 0.1) is 6.92 Å². The van der Waals surface area contributed by atoms with Crippen molar-refractivity contribution in [3.8, 4) is 0 Å². The second kappa shape index (κ2) is 12.4. The molecule has 0 unspecified atom stereocenters. The highest BCUT2D eigenvalue weighted by Gasteiger charge is 2.13. The first-order chi connectivity index (χ1) is 15.2. The maximum absolute atomic E-state index is 12.0. The summed E-state index contributed by atoms with van der Waals surface area (Å²) in [5, 5.41) is 3.34. The third-order valence-electron chi connectivity index (χ3n) is 4.20. The van der Waals surface area contributed by atoms with Crippen LogP contribution in [0.5, 0.6) is 0 Å². The Balaban J connectivity index is 1.65. The van der Waals surface area contributed by atoms with Crippen LogP contribution in [0.1, 0.15) is 35.2 Å². The van der Waals surface area contributed by atoms with Gasteiger partial charge in [-0.2, -0.15) is 0 Å². The molecule has 0 aliphatic rings. The van der Waals surface area contributed by atoms with E-state index in [0.29, 0.717) is 20.7 Å². The fraction of sp³-hybridized carbons (Fsp3) is 0.238. The van der Waals surface area contributed by atoms with Gasteiger partial charge in [-0.15, -0.1) is 0 Å². The van der Waals surface area contributed by atoms with Gasteiger partial charge in [-0.25, -0.2) is 0 Å². The van der Waals surface area contributed by atoms with Gasteiger partial charge in [0, 0.05) is 23.0 Å². The fourth-order valence-electron chi connectivity index (χ4n) is 2.49. The van der Waals surface area contributed by atoms with E-state index in [0.717, 1.165) is 0 Å². The molecule has 2 aromatic rings. The number of nitrogens with one attached hydrogen (secondary N) is 3. The molecule has 0 radical (unpaired) electrons. The molecular weight excluding hydrogens is 525 g/mol. The Morgan fingerprint density at radius 2 is 1.69 bits per heavy atom. The van der Waals surface area contributed by atoms with Crippen LogP contribution in [0.4, 0.5) is 5.69 Å². The quantitative estimate of drug-likeness (QED) is 0.341. The molecule has 0 heterocycles. The zero-order valence-electron chi connectivity index (χ0n) is 17.0. The number of benzene rings is 2. The molecule has 0 saturated heterocycles. The number of halogens is 3. The molecule has 32 heavy (non-hydrogen) atoms. The lowest BCUT2D eigenvalue weighted by atomic mass is 10.2. The van der Waals surface area contributed by atoms with Crippen LogP contribution in [0.15, 0.2) is 40.9 Å². The standard InChI is InChI=1S/C21H20BrCl2N3O5/c1-12-16(10-9-14(22)20(12)24)25-18(29)11-32-19(30)8-4-7-17(28)26-27-21(31)13-5-2-3-6-15(13)23/h2-3,5-6,9-10H,4,7-8,11H2,1H3,(H,25,29)(H,26,28)(H,27,31). The summed E-state index contributed by atoms with van der Waals surface area (Å²) in [6.45, 7) is 1.28. The Labute approximate surface area is 203 Å². The number of hydrogen-bond acceptors (Lipinski definition) is 5. The van der Waals surface area contributed by atoms with E-state index >= 15 is 0 Å². The maximum Gasteiger partial charge on any atom is 0.306 e. The Hall–Kier alpha value is -2.62. The van der Waals surface area contributed by atoms with E-state index in [4.69, 9.17) is 27.9 Å². The zero-order valence-corrected chi connectivity index (χ0v) is 20.1. The van der Waals surface area contributed by atoms with E-state index in [9.17, 15) is 19.2 Å². The number of ether oxygens (including phenoxy) is 1. The number of carbonyl (C=O) groups excluding carboxylic acids is 4. The Morgan fingerprint density at radius 3 is 2.41 bits per heavy atom. The molecule has 0 bridgehead atoms. The minimum Gasteiger partial charge on any atom is -0.456 e. The largest absolute Gasteiger partial charge is 0.456 e. The summed E-state index contributed by atoms with van der Waals surface area (Å²) in [5.74, 6) is -2.19. The molecule has 0 aromatic heterocycles. The molecule has 2 aromatic carbocycles. The topological polar surface area (TPSA) is 114 Å². The number of rotatable bonds is 8. The molecule has 0 fully saturated rings. The van der Waals surface area contributed by atoms with Gasteiger partial charge in [0.2, 0.25) is 5.91 Å². The molecule has 0 aliphatic carbocycles. The molecule has 0 aliphatic heterocycles. The Morgan fingerprint density at radius 1 is 0.969 bits per heavy atom. The lowest BCUT2D eigenvalue weighted by Gasteiger charge is -2.11. The number of anilines is 1. The van der Waals surface area contributed by atoms with Gasteiger partial charge in [0.25, 0.3) is 11.8 Å². The molecule has 0 atom stereocenters. The molecule has 0 saturated carbocycles. The summed E-state index contributed by atoms with van der Waals surface area (Å²) >= 11 is 15.3. The van der Waals surface area contributed by atoms with Crippen LogP contribution in [0.2, 0.25) is 10.0 Å². The van der Waals surface area contributed by atoms with Crippen LogP contribution in [-0.4, -0.2) is 30.3 Å². The molecule has 0 spiro atoms. The summed E-state index contributed by atoms with van der Waals surface area (Å²) in [5.41, 5.74) is 5.90. The Kier molecular flexibility index (Phi) is 9.96. The third kappa shape index (κ3) is 7.81. The van der Waals surface area contributed by atoms with Gasteiger partial charge >= 0.3 is 5.97 Å².